The van der Waals surface area contributed by atoms with E-state index in [-0.39, 0.29) is 5.72 Å². The Kier molecular flexibility index (Phi) is 3.31. The minimum absolute atomic E-state index is 0.212. The zero-order valence-electron chi connectivity index (χ0n) is 12.4. The summed E-state index contributed by atoms with van der Waals surface area (Å²) in [7, 11) is 0. The lowest BCUT2D eigenvalue weighted by molar-refractivity contribution is -0.128. The number of morpholine rings is 1. The van der Waals surface area contributed by atoms with Gasteiger partial charge < -0.3 is 14.6 Å². The van der Waals surface area contributed by atoms with E-state index in [0.29, 0.717) is 11.7 Å². The van der Waals surface area contributed by atoms with Crippen molar-refractivity contribution in [1.29, 1.82) is 0 Å². The normalized spacial score (nSPS) is 32.9. The molecule has 21 heavy (non-hydrogen) atoms. The number of hydrogen-bond acceptors (Lipinski definition) is 4. The number of rotatable bonds is 1. The fourth-order valence-electron chi connectivity index (χ4n) is 4.30. The number of phenolic OH excluding ortho intramolecular Hbond substituents is 1. The fraction of sp³-hybridized carbons (Fsp3) is 0.647. The third-order valence-electron chi connectivity index (χ3n) is 5.27. The smallest absolute Gasteiger partial charge is 0.170 e. The molecule has 0 bridgehead atoms. The van der Waals surface area contributed by atoms with Gasteiger partial charge in [-0.05, 0) is 31.0 Å². The molecule has 4 heteroatoms. The maximum Gasteiger partial charge on any atom is 0.170 e. The van der Waals surface area contributed by atoms with Crippen molar-refractivity contribution in [2.24, 2.45) is 0 Å². The Morgan fingerprint density at radius 3 is 2.86 bits per heavy atom. The van der Waals surface area contributed by atoms with Gasteiger partial charge in [0.2, 0.25) is 0 Å². The van der Waals surface area contributed by atoms with Crippen LogP contribution in [0.3, 0.4) is 0 Å². The van der Waals surface area contributed by atoms with Crippen molar-refractivity contribution in [1.82, 2.24) is 4.90 Å². The quantitative estimate of drug-likeness (QED) is 0.863. The Morgan fingerprint density at radius 2 is 2.00 bits per heavy atom. The zero-order chi connectivity index (χ0) is 14.3. The van der Waals surface area contributed by atoms with Crippen molar-refractivity contribution in [3.05, 3.63) is 23.8 Å². The van der Waals surface area contributed by atoms with Crippen LogP contribution in [0.4, 0.5) is 0 Å². The van der Waals surface area contributed by atoms with Crippen molar-refractivity contribution >= 4 is 0 Å². The molecule has 2 atom stereocenters. The first-order valence-electron chi connectivity index (χ1n) is 8.14. The molecule has 1 N–H and O–H groups in total. The van der Waals surface area contributed by atoms with Crippen molar-refractivity contribution in [2.75, 3.05) is 26.3 Å². The van der Waals surface area contributed by atoms with E-state index in [1.165, 1.54) is 24.8 Å². The first-order chi connectivity index (χ1) is 10.3. The Hall–Kier alpha value is -1.26. The summed E-state index contributed by atoms with van der Waals surface area (Å²) in [5.41, 5.74) is 0.986. The van der Waals surface area contributed by atoms with Crippen LogP contribution in [0.25, 0.3) is 0 Å². The predicted octanol–water partition coefficient (Wildman–Crippen LogP) is 2.86. The highest BCUT2D eigenvalue weighted by atomic mass is 16.5. The fourth-order valence-corrected chi connectivity index (χ4v) is 4.30. The molecule has 2 unspecified atom stereocenters. The van der Waals surface area contributed by atoms with Gasteiger partial charge in [-0.2, -0.15) is 0 Å². The molecule has 0 spiro atoms. The van der Waals surface area contributed by atoms with Gasteiger partial charge in [0.15, 0.2) is 5.72 Å². The molecule has 1 aliphatic carbocycles. The van der Waals surface area contributed by atoms with Crippen LogP contribution in [0, 0.1) is 0 Å². The average molecular weight is 289 g/mol. The molecule has 1 aromatic rings. The third-order valence-corrected chi connectivity index (χ3v) is 5.27. The van der Waals surface area contributed by atoms with E-state index in [9.17, 15) is 5.11 Å². The predicted molar refractivity (Wildman–Crippen MR) is 79.7 cm³/mol. The van der Waals surface area contributed by atoms with Gasteiger partial charge in [-0.25, -0.2) is 0 Å². The van der Waals surface area contributed by atoms with Crippen molar-refractivity contribution < 1.29 is 14.6 Å². The van der Waals surface area contributed by atoms with E-state index in [1.807, 2.05) is 12.1 Å². The lowest BCUT2D eigenvalue weighted by atomic mass is 9.85. The van der Waals surface area contributed by atoms with Crippen LogP contribution in [-0.2, 0) is 4.74 Å². The van der Waals surface area contributed by atoms with Crippen molar-refractivity contribution in [3.63, 3.8) is 0 Å². The van der Waals surface area contributed by atoms with Crippen LogP contribution < -0.4 is 4.74 Å². The molecule has 3 aliphatic rings. The standard InChI is InChI=1S/C17H23NO3/c19-13-5-6-16-14(12-13)15-4-2-1-3-7-17(15,21-16)18-8-10-20-11-9-18/h5-6,12,15,19H,1-4,7-11H2. The minimum Gasteiger partial charge on any atom is -0.508 e. The van der Waals surface area contributed by atoms with Crippen LogP contribution in [0.15, 0.2) is 18.2 Å². The molecule has 0 radical (unpaired) electrons. The third kappa shape index (κ3) is 2.12. The van der Waals surface area contributed by atoms with Gasteiger partial charge >= 0.3 is 0 Å². The largest absolute Gasteiger partial charge is 0.508 e. The molecule has 114 valence electrons. The highest BCUT2D eigenvalue weighted by Crippen LogP contribution is 2.53. The van der Waals surface area contributed by atoms with Gasteiger partial charge in [0.25, 0.3) is 0 Å². The lowest BCUT2D eigenvalue weighted by Crippen LogP contribution is -2.57. The van der Waals surface area contributed by atoms with E-state index < -0.39 is 0 Å². The number of nitrogens with zero attached hydrogens (tertiary/aromatic N) is 1. The maximum absolute atomic E-state index is 9.86. The van der Waals surface area contributed by atoms with Gasteiger partial charge in [-0.3, -0.25) is 4.90 Å². The first-order valence-corrected chi connectivity index (χ1v) is 8.14. The minimum atomic E-state index is -0.212. The summed E-state index contributed by atoms with van der Waals surface area (Å²) in [5, 5.41) is 9.86. The number of phenols is 1. The maximum atomic E-state index is 9.86. The Morgan fingerprint density at radius 1 is 1.14 bits per heavy atom. The second-order valence-corrected chi connectivity index (χ2v) is 6.42. The summed E-state index contributed by atoms with van der Waals surface area (Å²) in [6, 6.07) is 5.58. The molecular weight excluding hydrogens is 266 g/mol. The van der Waals surface area contributed by atoms with E-state index in [2.05, 4.69) is 4.90 Å². The van der Waals surface area contributed by atoms with Gasteiger partial charge in [0, 0.05) is 31.0 Å². The summed E-state index contributed by atoms with van der Waals surface area (Å²) in [4.78, 5) is 2.49. The lowest BCUT2D eigenvalue weighted by Gasteiger charge is -2.45. The molecule has 0 aromatic heterocycles. The number of fused-ring (bicyclic) bond motifs is 3. The monoisotopic (exact) mass is 289 g/mol. The molecule has 2 aliphatic heterocycles. The molecule has 4 nitrogen and oxygen atoms in total. The Labute approximate surface area is 125 Å². The van der Waals surface area contributed by atoms with Crippen molar-refractivity contribution in [3.8, 4) is 11.5 Å². The zero-order valence-corrected chi connectivity index (χ0v) is 12.4. The van der Waals surface area contributed by atoms with Crippen LogP contribution in [0.1, 0.15) is 43.6 Å². The van der Waals surface area contributed by atoms with Gasteiger partial charge in [0.05, 0.1) is 13.2 Å². The molecule has 1 saturated carbocycles. The molecule has 1 aromatic carbocycles. The van der Waals surface area contributed by atoms with Crippen molar-refractivity contribution in [2.45, 2.75) is 43.7 Å². The summed E-state index contributed by atoms with van der Waals surface area (Å²) >= 11 is 0. The molecule has 2 fully saturated rings. The SMILES string of the molecule is Oc1ccc2c(c1)C1CCCCCC1(N1CCOCC1)O2. The van der Waals surface area contributed by atoms with E-state index in [4.69, 9.17) is 9.47 Å². The van der Waals surface area contributed by atoms with Gasteiger partial charge in [0.1, 0.15) is 11.5 Å². The summed E-state index contributed by atoms with van der Waals surface area (Å²) < 4.78 is 12.1. The van der Waals surface area contributed by atoms with Crippen LogP contribution in [0.5, 0.6) is 11.5 Å². The average Bonchev–Trinajstić information content (AvgIpc) is 2.68. The second kappa shape index (κ2) is 5.18. The van der Waals surface area contributed by atoms with Gasteiger partial charge in [-0.15, -0.1) is 0 Å². The molecule has 4 rings (SSSR count). The topological polar surface area (TPSA) is 41.9 Å². The highest BCUT2D eigenvalue weighted by Gasteiger charge is 2.52. The first kappa shape index (κ1) is 13.4. The Bertz CT molecular complexity index is 527. The van der Waals surface area contributed by atoms with E-state index in [0.717, 1.165) is 44.9 Å². The highest BCUT2D eigenvalue weighted by molar-refractivity contribution is 5.47. The molecule has 1 saturated heterocycles. The number of aromatic hydroxyl groups is 1. The second-order valence-electron chi connectivity index (χ2n) is 6.42. The van der Waals surface area contributed by atoms with Crippen LogP contribution >= 0.6 is 0 Å². The van der Waals surface area contributed by atoms with Gasteiger partial charge in [-0.1, -0.05) is 12.8 Å². The van der Waals surface area contributed by atoms with E-state index >= 15 is 0 Å². The summed E-state index contributed by atoms with van der Waals surface area (Å²) in [6.07, 6.45) is 5.96. The van der Waals surface area contributed by atoms with Crippen LogP contribution in [-0.4, -0.2) is 42.0 Å². The number of benzene rings is 1. The summed E-state index contributed by atoms with van der Waals surface area (Å²) in [6.45, 7) is 3.46. The molecular formula is C17H23NO3. The number of ether oxygens (including phenoxy) is 2. The molecule has 2 heterocycles. The molecule has 0 amide bonds. The van der Waals surface area contributed by atoms with E-state index in [1.54, 1.807) is 6.07 Å². The van der Waals surface area contributed by atoms with Crippen LogP contribution in [0.2, 0.25) is 0 Å². The Balaban J connectivity index is 1.75. The summed E-state index contributed by atoms with van der Waals surface area (Å²) in [5.74, 6) is 1.69. The number of hydrogen-bond donors (Lipinski definition) is 1.